The van der Waals surface area contributed by atoms with Gasteiger partial charge in [-0.15, -0.1) is 0 Å². The molecule has 0 radical (unpaired) electrons. The molecule has 1 fully saturated rings. The number of hydrogen-bond acceptors (Lipinski definition) is 4. The van der Waals surface area contributed by atoms with Crippen molar-refractivity contribution in [3.63, 3.8) is 0 Å². The van der Waals surface area contributed by atoms with Crippen LogP contribution in [0.3, 0.4) is 0 Å². The molecule has 1 saturated heterocycles. The lowest BCUT2D eigenvalue weighted by atomic mass is 9.77. The Labute approximate surface area is 144 Å². The van der Waals surface area contributed by atoms with E-state index in [2.05, 4.69) is 0 Å². The number of benzene rings is 1. The van der Waals surface area contributed by atoms with E-state index in [1.807, 2.05) is 27.7 Å². The van der Waals surface area contributed by atoms with E-state index in [9.17, 15) is 23.1 Å². The van der Waals surface area contributed by atoms with Crippen LogP contribution in [0.4, 0.5) is 13.2 Å². The van der Waals surface area contributed by atoms with Crippen LogP contribution in [0.2, 0.25) is 0 Å². The number of halogens is 3. The van der Waals surface area contributed by atoms with Crippen LogP contribution in [0.1, 0.15) is 49.2 Å². The molecule has 1 aliphatic heterocycles. The highest BCUT2D eigenvalue weighted by atomic mass is 19.4. The fourth-order valence-corrected chi connectivity index (χ4v) is 2.37. The number of carbonyl (C=O) groups is 1. The largest absolute Gasteiger partial charge is 0.492 e. The molecule has 0 unspecified atom stereocenters. The lowest BCUT2D eigenvalue weighted by Crippen LogP contribution is -2.41. The highest BCUT2D eigenvalue weighted by molar-refractivity contribution is 6.55. The minimum atomic E-state index is -4.54. The van der Waals surface area contributed by atoms with Crippen molar-refractivity contribution in [3.8, 4) is 0 Å². The second-order valence-corrected chi connectivity index (χ2v) is 6.92. The molecule has 0 spiro atoms. The molecular formula is C17H20BF3O4. The zero-order valence-corrected chi connectivity index (χ0v) is 14.5. The molecule has 0 aliphatic carbocycles. The Morgan fingerprint density at radius 1 is 1.16 bits per heavy atom. The molecule has 1 aromatic carbocycles. The SMILES string of the molecule is CC1(C)OB(C(=Cc2ccc(C(F)(F)F)cc2C=O)CO)OC1(C)C. The lowest BCUT2D eigenvalue weighted by Gasteiger charge is -2.32. The molecular weight excluding hydrogens is 336 g/mol. The summed E-state index contributed by atoms with van der Waals surface area (Å²) >= 11 is 0. The number of alkyl halides is 3. The summed E-state index contributed by atoms with van der Waals surface area (Å²) in [5.74, 6) is 0. The fourth-order valence-electron chi connectivity index (χ4n) is 2.37. The zero-order valence-electron chi connectivity index (χ0n) is 14.5. The molecule has 25 heavy (non-hydrogen) atoms. The van der Waals surface area contributed by atoms with E-state index in [0.717, 1.165) is 12.1 Å². The maximum Gasteiger partial charge on any atom is 0.492 e. The summed E-state index contributed by atoms with van der Waals surface area (Å²) in [4.78, 5) is 11.2. The number of rotatable bonds is 4. The number of hydrogen-bond donors (Lipinski definition) is 1. The third-order valence-electron chi connectivity index (χ3n) is 4.62. The molecule has 1 aromatic rings. The van der Waals surface area contributed by atoms with E-state index in [4.69, 9.17) is 9.31 Å². The Morgan fingerprint density at radius 2 is 1.72 bits per heavy atom. The molecule has 0 bridgehead atoms. The Bertz CT molecular complexity index is 680. The van der Waals surface area contributed by atoms with Gasteiger partial charge >= 0.3 is 13.3 Å². The maximum absolute atomic E-state index is 12.8. The fraction of sp³-hybridized carbons (Fsp3) is 0.471. The predicted octanol–water partition coefficient (Wildman–Crippen LogP) is 3.53. The second kappa shape index (κ2) is 6.59. The standard InChI is InChI=1S/C17H20BF3O4/c1-15(2)16(3,4)25-18(24-15)14(10-23)8-11-5-6-13(17(19,20)21)7-12(11)9-22/h5-9,23H,10H2,1-4H3. The first-order valence-electron chi connectivity index (χ1n) is 7.74. The molecule has 136 valence electrons. The molecule has 1 aliphatic rings. The third-order valence-corrected chi connectivity index (χ3v) is 4.62. The monoisotopic (exact) mass is 356 g/mol. The minimum absolute atomic E-state index is 0.128. The number of aliphatic hydroxyl groups excluding tert-OH is 1. The Balaban J connectivity index is 2.39. The topological polar surface area (TPSA) is 55.8 Å². The zero-order chi connectivity index (χ0) is 19.0. The molecule has 2 rings (SSSR count). The van der Waals surface area contributed by atoms with Gasteiger partial charge in [0.25, 0.3) is 0 Å². The van der Waals surface area contributed by atoms with Crippen molar-refractivity contribution >= 4 is 19.5 Å². The van der Waals surface area contributed by atoms with E-state index >= 15 is 0 Å². The van der Waals surface area contributed by atoms with Crippen LogP contribution in [0.5, 0.6) is 0 Å². The summed E-state index contributed by atoms with van der Waals surface area (Å²) in [6, 6.07) is 2.85. The summed E-state index contributed by atoms with van der Waals surface area (Å²) in [7, 11) is -0.850. The van der Waals surface area contributed by atoms with Crippen LogP contribution in [0.15, 0.2) is 23.7 Å². The van der Waals surface area contributed by atoms with Gasteiger partial charge in [-0.1, -0.05) is 12.1 Å². The summed E-state index contributed by atoms with van der Waals surface area (Å²) in [5.41, 5.74) is -1.72. The average molecular weight is 356 g/mol. The van der Waals surface area contributed by atoms with Gasteiger partial charge in [0.15, 0.2) is 6.29 Å². The van der Waals surface area contributed by atoms with Gasteiger partial charge in [-0.3, -0.25) is 4.79 Å². The number of aliphatic hydroxyl groups is 1. The van der Waals surface area contributed by atoms with Crippen LogP contribution in [-0.2, 0) is 15.5 Å². The van der Waals surface area contributed by atoms with Gasteiger partial charge in [-0.2, -0.15) is 13.2 Å². The van der Waals surface area contributed by atoms with Gasteiger partial charge in [-0.25, -0.2) is 0 Å². The van der Waals surface area contributed by atoms with Gasteiger partial charge in [0, 0.05) is 5.56 Å². The van der Waals surface area contributed by atoms with E-state index in [1.165, 1.54) is 12.1 Å². The number of carbonyl (C=O) groups excluding carboxylic acids is 1. The Kier molecular flexibility index (Phi) is 5.19. The predicted molar refractivity (Wildman–Crippen MR) is 88.0 cm³/mol. The van der Waals surface area contributed by atoms with Crippen molar-refractivity contribution in [1.82, 2.24) is 0 Å². The summed E-state index contributed by atoms with van der Waals surface area (Å²) in [6.45, 7) is 6.96. The summed E-state index contributed by atoms with van der Waals surface area (Å²) in [6.07, 6.45) is -2.77. The average Bonchev–Trinajstić information content (AvgIpc) is 2.71. The van der Waals surface area contributed by atoms with E-state index < -0.39 is 36.7 Å². The van der Waals surface area contributed by atoms with E-state index in [0.29, 0.717) is 11.8 Å². The molecule has 0 amide bonds. The van der Waals surface area contributed by atoms with Crippen LogP contribution in [0, 0.1) is 0 Å². The van der Waals surface area contributed by atoms with Crippen molar-refractivity contribution in [2.24, 2.45) is 0 Å². The highest BCUT2D eigenvalue weighted by Gasteiger charge is 2.52. The first kappa shape index (κ1) is 19.7. The lowest BCUT2D eigenvalue weighted by molar-refractivity contribution is -0.137. The maximum atomic E-state index is 12.8. The van der Waals surface area contributed by atoms with Gasteiger partial charge in [-0.05, 0) is 50.9 Å². The summed E-state index contributed by atoms with van der Waals surface area (Å²) < 4.78 is 50.0. The Hall–Kier alpha value is -1.64. The molecule has 0 aromatic heterocycles. The van der Waals surface area contributed by atoms with E-state index in [1.54, 1.807) is 0 Å². The number of aldehydes is 1. The van der Waals surface area contributed by atoms with Crippen molar-refractivity contribution in [3.05, 3.63) is 40.4 Å². The van der Waals surface area contributed by atoms with E-state index in [-0.39, 0.29) is 11.1 Å². The molecule has 0 atom stereocenters. The smallest absolute Gasteiger partial charge is 0.400 e. The molecule has 0 saturated carbocycles. The van der Waals surface area contributed by atoms with Gasteiger partial charge in [0.2, 0.25) is 0 Å². The normalized spacial score (nSPS) is 20.0. The minimum Gasteiger partial charge on any atom is -0.400 e. The molecule has 8 heteroatoms. The van der Waals surface area contributed by atoms with Gasteiger partial charge < -0.3 is 14.4 Å². The molecule has 1 heterocycles. The molecule has 1 N–H and O–H groups in total. The van der Waals surface area contributed by atoms with Crippen molar-refractivity contribution in [2.75, 3.05) is 6.61 Å². The highest BCUT2D eigenvalue weighted by Crippen LogP contribution is 2.39. The molecule has 4 nitrogen and oxygen atoms in total. The Morgan fingerprint density at radius 3 is 2.16 bits per heavy atom. The van der Waals surface area contributed by atoms with Crippen molar-refractivity contribution in [2.45, 2.75) is 45.1 Å². The van der Waals surface area contributed by atoms with Crippen LogP contribution >= 0.6 is 0 Å². The third kappa shape index (κ3) is 3.97. The first-order valence-corrected chi connectivity index (χ1v) is 7.74. The van der Waals surface area contributed by atoms with Gasteiger partial charge in [0.05, 0.1) is 23.4 Å². The second-order valence-electron chi connectivity index (χ2n) is 6.92. The van der Waals surface area contributed by atoms with Crippen LogP contribution in [0.25, 0.3) is 6.08 Å². The van der Waals surface area contributed by atoms with Crippen LogP contribution in [-0.4, -0.2) is 36.3 Å². The van der Waals surface area contributed by atoms with Crippen molar-refractivity contribution < 1.29 is 32.4 Å². The summed E-state index contributed by atoms with van der Waals surface area (Å²) in [5, 5.41) is 9.64. The van der Waals surface area contributed by atoms with Crippen molar-refractivity contribution in [1.29, 1.82) is 0 Å². The van der Waals surface area contributed by atoms with Crippen LogP contribution < -0.4 is 0 Å². The quantitative estimate of drug-likeness (QED) is 0.663. The first-order chi connectivity index (χ1) is 11.4. The van der Waals surface area contributed by atoms with Gasteiger partial charge in [0.1, 0.15) is 0 Å².